The fourth-order valence-corrected chi connectivity index (χ4v) is 5.03. The monoisotopic (exact) mass is 358 g/mol. The maximum atomic E-state index is 13.3. The normalized spacial score (nSPS) is 22.9. The van der Waals surface area contributed by atoms with Gasteiger partial charge in [-0.1, -0.05) is 6.92 Å². The van der Waals surface area contributed by atoms with Crippen molar-refractivity contribution in [2.75, 3.05) is 13.1 Å². The first kappa shape index (κ1) is 16.4. The minimum atomic E-state index is -0.369. The van der Waals surface area contributed by atoms with Crippen LogP contribution in [0.5, 0.6) is 0 Å². The molecule has 0 bridgehead atoms. The number of carbonyl (C=O) groups is 2. The number of carbonyl (C=O) groups excluding carboxylic acids is 2. The van der Waals surface area contributed by atoms with Gasteiger partial charge in [0.2, 0.25) is 5.91 Å². The van der Waals surface area contributed by atoms with E-state index >= 15 is 0 Å². The van der Waals surface area contributed by atoms with E-state index < -0.39 is 0 Å². The number of thiophene rings is 1. The van der Waals surface area contributed by atoms with E-state index in [0.29, 0.717) is 12.3 Å². The fraction of sp³-hybridized carbons (Fsp3) is 0.474. The third kappa shape index (κ3) is 2.78. The number of likely N-dealkylation sites (tertiary alicyclic amines) is 1. The van der Waals surface area contributed by atoms with E-state index in [2.05, 4.69) is 18.4 Å². The second kappa shape index (κ2) is 6.67. The highest BCUT2D eigenvalue weighted by Gasteiger charge is 2.40. The molecule has 1 fully saturated rings. The van der Waals surface area contributed by atoms with Crippen LogP contribution in [0.1, 0.15) is 53.2 Å². The van der Waals surface area contributed by atoms with Crippen LogP contribution in [-0.2, 0) is 11.2 Å². The molecule has 0 aliphatic carbocycles. The minimum absolute atomic E-state index is 0.0844. The first-order valence-corrected chi connectivity index (χ1v) is 9.80. The van der Waals surface area contributed by atoms with Gasteiger partial charge in [0.1, 0.15) is 6.04 Å². The lowest BCUT2D eigenvalue weighted by atomic mass is 9.96. The molecule has 0 aromatic carbocycles. The Morgan fingerprint density at radius 3 is 2.92 bits per heavy atom. The van der Waals surface area contributed by atoms with Crippen molar-refractivity contribution in [2.24, 2.45) is 0 Å². The summed E-state index contributed by atoms with van der Waals surface area (Å²) in [5.74, 6) is 0.216. The molecule has 6 heteroatoms. The molecule has 2 amide bonds. The average Bonchev–Trinajstić information content (AvgIpc) is 3.40. The van der Waals surface area contributed by atoms with Crippen molar-refractivity contribution in [3.8, 4) is 0 Å². The van der Waals surface area contributed by atoms with Crippen LogP contribution < -0.4 is 0 Å². The zero-order valence-corrected chi connectivity index (χ0v) is 15.1. The Balaban J connectivity index is 1.56. The largest absolute Gasteiger partial charge is 0.459 e. The molecular formula is C19H22N2O3S. The van der Waals surface area contributed by atoms with Crippen LogP contribution in [0, 0.1) is 0 Å². The van der Waals surface area contributed by atoms with Gasteiger partial charge < -0.3 is 14.2 Å². The van der Waals surface area contributed by atoms with E-state index in [1.807, 2.05) is 4.90 Å². The van der Waals surface area contributed by atoms with Crippen LogP contribution >= 0.6 is 11.3 Å². The van der Waals surface area contributed by atoms with Crippen LogP contribution in [0.15, 0.2) is 34.3 Å². The molecule has 4 heterocycles. The van der Waals surface area contributed by atoms with Gasteiger partial charge in [-0.2, -0.15) is 0 Å². The Morgan fingerprint density at radius 2 is 2.16 bits per heavy atom. The Kier molecular flexibility index (Phi) is 4.37. The van der Waals surface area contributed by atoms with Gasteiger partial charge in [0.25, 0.3) is 5.91 Å². The van der Waals surface area contributed by atoms with Crippen molar-refractivity contribution in [1.82, 2.24) is 9.80 Å². The molecule has 132 valence electrons. The second-order valence-corrected chi connectivity index (χ2v) is 7.64. The van der Waals surface area contributed by atoms with Crippen molar-refractivity contribution in [1.29, 1.82) is 0 Å². The van der Waals surface area contributed by atoms with Crippen LogP contribution in [-0.4, -0.2) is 40.7 Å². The number of rotatable bonds is 3. The molecule has 1 saturated heterocycles. The predicted octanol–water partition coefficient (Wildman–Crippen LogP) is 3.48. The van der Waals surface area contributed by atoms with E-state index in [1.165, 1.54) is 16.7 Å². The van der Waals surface area contributed by atoms with Crippen LogP contribution in [0.4, 0.5) is 0 Å². The topological polar surface area (TPSA) is 53.8 Å². The predicted molar refractivity (Wildman–Crippen MR) is 95.5 cm³/mol. The Morgan fingerprint density at radius 1 is 1.28 bits per heavy atom. The number of furan rings is 1. The quantitative estimate of drug-likeness (QED) is 0.844. The second-order valence-electron chi connectivity index (χ2n) is 6.64. The number of nitrogens with zero attached hydrogens (tertiary/aromatic N) is 2. The Bertz CT molecular complexity index is 767. The van der Waals surface area contributed by atoms with Gasteiger partial charge in [-0.3, -0.25) is 9.59 Å². The summed E-state index contributed by atoms with van der Waals surface area (Å²) in [6.07, 6.45) is 4.89. The number of hydrogen-bond donors (Lipinski definition) is 0. The van der Waals surface area contributed by atoms with Gasteiger partial charge in [0.15, 0.2) is 5.76 Å². The molecule has 2 atom stereocenters. The standard InChI is InChI=1S/C19H22N2O3S/c1-2-14-13-8-12-25-17(13)7-10-21(14)18(22)15-5-3-9-20(15)19(23)16-6-4-11-24-16/h4,6,8,11-12,14-15H,2-3,5,7,9-10H2,1H3/t14?,15-/m0/s1. The van der Waals surface area contributed by atoms with Crippen molar-refractivity contribution in [3.05, 3.63) is 46.0 Å². The minimum Gasteiger partial charge on any atom is -0.459 e. The average molecular weight is 358 g/mol. The molecule has 25 heavy (non-hydrogen) atoms. The maximum absolute atomic E-state index is 13.3. The summed E-state index contributed by atoms with van der Waals surface area (Å²) < 4.78 is 5.24. The Hall–Kier alpha value is -2.08. The molecule has 0 radical (unpaired) electrons. The van der Waals surface area contributed by atoms with Crippen molar-refractivity contribution in [2.45, 2.75) is 44.7 Å². The highest BCUT2D eigenvalue weighted by atomic mass is 32.1. The molecule has 0 spiro atoms. The lowest BCUT2D eigenvalue weighted by Crippen LogP contribution is -2.50. The van der Waals surface area contributed by atoms with E-state index in [9.17, 15) is 9.59 Å². The molecular weight excluding hydrogens is 336 g/mol. The van der Waals surface area contributed by atoms with Gasteiger partial charge in [0.05, 0.1) is 12.3 Å². The zero-order valence-electron chi connectivity index (χ0n) is 14.3. The molecule has 0 saturated carbocycles. The van der Waals surface area contributed by atoms with Crippen LogP contribution in [0.2, 0.25) is 0 Å². The lowest BCUT2D eigenvalue weighted by Gasteiger charge is -2.38. The first-order chi connectivity index (χ1) is 12.2. The van der Waals surface area contributed by atoms with Crippen LogP contribution in [0.25, 0.3) is 0 Å². The summed E-state index contributed by atoms with van der Waals surface area (Å²) in [6.45, 7) is 3.48. The molecule has 0 N–H and O–H groups in total. The first-order valence-electron chi connectivity index (χ1n) is 8.92. The highest BCUT2D eigenvalue weighted by molar-refractivity contribution is 7.10. The summed E-state index contributed by atoms with van der Waals surface area (Å²) in [7, 11) is 0. The number of amides is 2. The summed E-state index contributed by atoms with van der Waals surface area (Å²) in [4.78, 5) is 31.0. The van der Waals surface area contributed by atoms with E-state index in [0.717, 1.165) is 32.2 Å². The molecule has 2 aliphatic heterocycles. The maximum Gasteiger partial charge on any atom is 0.290 e. The zero-order chi connectivity index (χ0) is 17.4. The van der Waals surface area contributed by atoms with Gasteiger partial charge in [-0.15, -0.1) is 11.3 Å². The SMILES string of the molecule is CCC1c2ccsc2CCN1C(=O)[C@@H]1CCCN1C(=O)c1ccco1. The van der Waals surface area contributed by atoms with E-state index in [-0.39, 0.29) is 23.9 Å². The van der Waals surface area contributed by atoms with Gasteiger partial charge in [-0.05, 0) is 54.8 Å². The van der Waals surface area contributed by atoms with Crippen molar-refractivity contribution in [3.63, 3.8) is 0 Å². The van der Waals surface area contributed by atoms with Gasteiger partial charge in [0, 0.05) is 18.0 Å². The van der Waals surface area contributed by atoms with Gasteiger partial charge in [-0.25, -0.2) is 0 Å². The summed E-state index contributed by atoms with van der Waals surface area (Å²) >= 11 is 1.78. The molecule has 1 unspecified atom stereocenters. The number of fused-ring (bicyclic) bond motifs is 1. The fourth-order valence-electron chi connectivity index (χ4n) is 4.10. The third-order valence-corrected chi connectivity index (χ3v) is 6.29. The molecule has 4 rings (SSSR count). The summed E-state index contributed by atoms with van der Waals surface area (Å²) in [5, 5.41) is 2.11. The molecule has 2 aromatic heterocycles. The molecule has 5 nitrogen and oxygen atoms in total. The van der Waals surface area contributed by atoms with Crippen molar-refractivity contribution >= 4 is 23.2 Å². The Labute approximate surface area is 151 Å². The van der Waals surface area contributed by atoms with Gasteiger partial charge >= 0.3 is 0 Å². The molecule has 2 aromatic rings. The highest BCUT2D eigenvalue weighted by Crippen LogP contribution is 2.36. The molecule has 2 aliphatic rings. The smallest absolute Gasteiger partial charge is 0.290 e. The number of hydrogen-bond acceptors (Lipinski definition) is 4. The lowest BCUT2D eigenvalue weighted by molar-refractivity contribution is -0.138. The summed E-state index contributed by atoms with van der Waals surface area (Å²) in [6, 6.07) is 5.27. The van der Waals surface area contributed by atoms with E-state index in [1.54, 1.807) is 28.4 Å². The van der Waals surface area contributed by atoms with Crippen LogP contribution in [0.3, 0.4) is 0 Å². The summed E-state index contributed by atoms with van der Waals surface area (Å²) in [5.41, 5.74) is 1.29. The third-order valence-electron chi connectivity index (χ3n) is 5.30. The van der Waals surface area contributed by atoms with Crippen molar-refractivity contribution < 1.29 is 14.0 Å². The van der Waals surface area contributed by atoms with E-state index in [4.69, 9.17) is 4.42 Å².